The summed E-state index contributed by atoms with van der Waals surface area (Å²) in [5.74, 6) is 0.963. The van der Waals surface area contributed by atoms with Crippen LogP contribution in [0, 0.1) is 5.92 Å². The van der Waals surface area contributed by atoms with E-state index in [1.807, 2.05) is 13.8 Å². The Kier molecular flexibility index (Phi) is 27.8. The summed E-state index contributed by atoms with van der Waals surface area (Å²) < 4.78 is 0. The summed E-state index contributed by atoms with van der Waals surface area (Å²) in [5.41, 5.74) is 0. The van der Waals surface area contributed by atoms with E-state index in [2.05, 4.69) is 20.8 Å². The van der Waals surface area contributed by atoms with Gasteiger partial charge in [-0.25, -0.2) is 0 Å². The van der Waals surface area contributed by atoms with Gasteiger partial charge < -0.3 is 0 Å². The molecule has 0 spiro atoms. The van der Waals surface area contributed by atoms with E-state index in [0.717, 1.165) is 5.92 Å². The van der Waals surface area contributed by atoms with Crippen molar-refractivity contribution in [3.05, 3.63) is 0 Å². The van der Waals surface area contributed by atoms with Crippen LogP contribution in [0.1, 0.15) is 106 Å². The summed E-state index contributed by atoms with van der Waals surface area (Å²) in [6.45, 7) is 10.9. The third-order valence-corrected chi connectivity index (χ3v) is 3.06. The minimum atomic E-state index is 0. The summed E-state index contributed by atoms with van der Waals surface area (Å²) in [5, 5.41) is 0. The largest absolute Gasteiger partial charge is 0.0776 e. The summed E-state index contributed by atoms with van der Waals surface area (Å²) in [4.78, 5) is 0. The van der Waals surface area contributed by atoms with Crippen molar-refractivity contribution < 1.29 is 0 Å². The van der Waals surface area contributed by atoms with E-state index < -0.39 is 0 Å². The molecule has 0 aromatic heterocycles. The topological polar surface area (TPSA) is 0 Å². The summed E-state index contributed by atoms with van der Waals surface area (Å²) in [6.07, 6.45) is 14.5. The van der Waals surface area contributed by atoms with Crippen LogP contribution in [0.15, 0.2) is 0 Å². The third kappa shape index (κ3) is 21.8. The van der Waals surface area contributed by atoms with Gasteiger partial charge in [-0.3, -0.25) is 0 Å². The first-order chi connectivity index (χ1) is 7.81. The molecule has 0 heteroatoms. The molecular weight excluding hydrogens is 204 g/mol. The Hall–Kier alpha value is 0. The molecule has 0 bridgehead atoms. The second kappa shape index (κ2) is 21.3. The van der Waals surface area contributed by atoms with Crippen molar-refractivity contribution in [1.82, 2.24) is 0 Å². The fraction of sp³-hybridized carbons (Fsp3) is 1.00. The zero-order valence-corrected chi connectivity index (χ0v) is 12.6. The first-order valence-corrected chi connectivity index (χ1v) is 7.81. The Morgan fingerprint density at radius 3 is 1.12 bits per heavy atom. The highest BCUT2D eigenvalue weighted by molar-refractivity contribution is 4.51. The number of hydrogen-bond acceptors (Lipinski definition) is 0. The molecule has 1 saturated carbocycles. The molecule has 0 unspecified atom stereocenters. The Morgan fingerprint density at radius 2 is 0.941 bits per heavy atom. The maximum Gasteiger partial charge on any atom is -0.0443 e. The molecule has 1 aliphatic carbocycles. The molecule has 1 rings (SSSR count). The lowest BCUT2D eigenvalue weighted by Gasteiger charge is -2.05. The molecule has 0 aromatic carbocycles. The van der Waals surface area contributed by atoms with Gasteiger partial charge in [-0.15, -0.1) is 0 Å². The van der Waals surface area contributed by atoms with Gasteiger partial charge in [0.25, 0.3) is 0 Å². The van der Waals surface area contributed by atoms with Crippen molar-refractivity contribution in [3.8, 4) is 0 Å². The molecule has 0 aromatic rings. The Balaban J connectivity index is -0.000000195. The molecular formula is C17H40. The maximum absolute atomic E-state index is 2.34. The van der Waals surface area contributed by atoms with Crippen LogP contribution in [-0.4, -0.2) is 0 Å². The van der Waals surface area contributed by atoms with Crippen molar-refractivity contribution in [2.75, 3.05) is 0 Å². The molecule has 0 N–H and O–H groups in total. The van der Waals surface area contributed by atoms with E-state index in [1.165, 1.54) is 64.2 Å². The average Bonchev–Trinajstić information content (AvgIpc) is 2.35. The van der Waals surface area contributed by atoms with E-state index >= 15 is 0 Å². The fourth-order valence-corrected chi connectivity index (χ4v) is 2.19. The molecule has 0 radical (unpaired) electrons. The second-order valence-electron chi connectivity index (χ2n) is 4.80. The molecule has 0 heterocycles. The van der Waals surface area contributed by atoms with E-state index in [9.17, 15) is 0 Å². The smallest absolute Gasteiger partial charge is 0.0443 e. The molecule has 0 aliphatic heterocycles. The van der Waals surface area contributed by atoms with Crippen LogP contribution in [0.25, 0.3) is 0 Å². The van der Waals surface area contributed by atoms with Crippen molar-refractivity contribution in [2.24, 2.45) is 5.92 Å². The summed E-state index contributed by atoms with van der Waals surface area (Å²) in [7, 11) is 0. The van der Waals surface area contributed by atoms with Crippen molar-refractivity contribution in [3.63, 3.8) is 0 Å². The van der Waals surface area contributed by atoms with Gasteiger partial charge >= 0.3 is 0 Å². The van der Waals surface area contributed by atoms with Gasteiger partial charge in [0.2, 0.25) is 0 Å². The molecule has 1 fully saturated rings. The van der Waals surface area contributed by atoms with Gasteiger partial charge in [0, 0.05) is 0 Å². The lowest BCUT2D eigenvalue weighted by Crippen LogP contribution is -1.91. The third-order valence-electron chi connectivity index (χ3n) is 3.06. The Morgan fingerprint density at radius 1 is 0.706 bits per heavy atom. The lowest BCUT2D eigenvalue weighted by molar-refractivity contribution is 0.480. The predicted octanol–water partition coefficient (Wildman–Crippen LogP) is 7.23. The highest BCUT2D eigenvalue weighted by atomic mass is 14.0. The van der Waals surface area contributed by atoms with Crippen LogP contribution in [0.3, 0.4) is 0 Å². The van der Waals surface area contributed by atoms with E-state index in [0.29, 0.717) is 0 Å². The summed E-state index contributed by atoms with van der Waals surface area (Å²) >= 11 is 0. The maximum atomic E-state index is 2.34. The van der Waals surface area contributed by atoms with Crippen LogP contribution >= 0.6 is 0 Å². The number of rotatable bonds is 4. The molecule has 17 heavy (non-hydrogen) atoms. The monoisotopic (exact) mass is 244 g/mol. The Labute approximate surface area is 113 Å². The van der Waals surface area contributed by atoms with Crippen LogP contribution in [0.5, 0.6) is 0 Å². The van der Waals surface area contributed by atoms with Gasteiger partial charge in [0.1, 0.15) is 0 Å². The van der Waals surface area contributed by atoms with Crippen LogP contribution < -0.4 is 0 Å². The normalized spacial score (nSPS) is 13.8. The molecule has 0 nitrogen and oxygen atoms in total. The van der Waals surface area contributed by atoms with E-state index in [1.54, 1.807) is 0 Å². The Bertz CT molecular complexity index is 74.7. The minimum absolute atomic E-state index is 0. The average molecular weight is 245 g/mol. The molecule has 0 amide bonds. The van der Waals surface area contributed by atoms with Gasteiger partial charge in [-0.1, -0.05) is 106 Å². The molecule has 0 saturated heterocycles. The molecule has 108 valence electrons. The lowest BCUT2D eigenvalue weighted by atomic mass is 10.0. The van der Waals surface area contributed by atoms with Gasteiger partial charge in [-0.2, -0.15) is 0 Å². The van der Waals surface area contributed by atoms with Gasteiger partial charge in [-0.05, 0) is 5.92 Å². The zero-order valence-electron chi connectivity index (χ0n) is 12.6. The first kappa shape index (κ1) is 22.2. The SMILES string of the molecule is C.C1CCCCC1.CC.CCCC(C)CCC. The molecule has 0 atom stereocenters. The predicted molar refractivity (Wildman–Crippen MR) is 84.8 cm³/mol. The molecule has 1 aliphatic rings. The van der Waals surface area contributed by atoms with Crippen molar-refractivity contribution >= 4 is 0 Å². The minimum Gasteiger partial charge on any atom is -0.0776 e. The first-order valence-electron chi connectivity index (χ1n) is 7.81. The zero-order chi connectivity index (χ0) is 12.6. The standard InChI is InChI=1S/C8H18.C6H12.C2H6.CH4/c1-4-6-8(3)7-5-2;1-2-4-6-5-3-1;1-2;/h8H,4-7H2,1-3H3;1-6H2;1-2H3;1H4. The highest BCUT2D eigenvalue weighted by Crippen LogP contribution is 2.15. The van der Waals surface area contributed by atoms with E-state index in [4.69, 9.17) is 0 Å². The van der Waals surface area contributed by atoms with Crippen LogP contribution in [0.4, 0.5) is 0 Å². The number of hydrogen-bond donors (Lipinski definition) is 0. The van der Waals surface area contributed by atoms with Gasteiger partial charge in [0.15, 0.2) is 0 Å². The highest BCUT2D eigenvalue weighted by Gasteiger charge is 1.96. The van der Waals surface area contributed by atoms with Crippen molar-refractivity contribution in [1.29, 1.82) is 0 Å². The quantitative estimate of drug-likeness (QED) is 0.489. The van der Waals surface area contributed by atoms with E-state index in [-0.39, 0.29) is 7.43 Å². The summed E-state index contributed by atoms with van der Waals surface area (Å²) in [6, 6.07) is 0. The second-order valence-corrected chi connectivity index (χ2v) is 4.80. The van der Waals surface area contributed by atoms with Crippen LogP contribution in [0.2, 0.25) is 0 Å². The van der Waals surface area contributed by atoms with Gasteiger partial charge in [0.05, 0.1) is 0 Å². The van der Waals surface area contributed by atoms with Crippen LogP contribution in [-0.2, 0) is 0 Å². The fourth-order valence-electron chi connectivity index (χ4n) is 2.19. The van der Waals surface area contributed by atoms with Crippen molar-refractivity contribution in [2.45, 2.75) is 106 Å².